The lowest BCUT2D eigenvalue weighted by molar-refractivity contribution is -0.139. The second-order valence-electron chi connectivity index (χ2n) is 6.91. The third-order valence-corrected chi connectivity index (χ3v) is 4.63. The van der Waals surface area contributed by atoms with E-state index in [-0.39, 0.29) is 37.0 Å². The second-order valence-corrected chi connectivity index (χ2v) is 6.91. The van der Waals surface area contributed by atoms with Gasteiger partial charge in [0.05, 0.1) is 13.1 Å². The predicted octanol–water partition coefficient (Wildman–Crippen LogP) is 1.09. The molecule has 0 heterocycles. The smallest absolute Gasteiger partial charge is 0.317 e. The van der Waals surface area contributed by atoms with Crippen LogP contribution in [0.2, 0.25) is 0 Å². The van der Waals surface area contributed by atoms with Gasteiger partial charge in [0.2, 0.25) is 5.91 Å². The van der Waals surface area contributed by atoms with Gasteiger partial charge in [0, 0.05) is 17.6 Å². The maximum atomic E-state index is 12.2. The van der Waals surface area contributed by atoms with E-state index in [0.717, 1.165) is 24.0 Å². The van der Waals surface area contributed by atoms with Crippen LogP contribution in [-0.2, 0) is 9.59 Å². The largest absolute Gasteiger partial charge is 0.480 e. The molecular weight excluding hydrogens is 334 g/mol. The van der Waals surface area contributed by atoms with Crippen LogP contribution in [0.5, 0.6) is 0 Å². The van der Waals surface area contributed by atoms with Crippen LogP contribution in [0, 0.1) is 13.8 Å². The number of hydrogen-bond donors (Lipinski definition) is 3. The average Bonchev–Trinajstić information content (AvgIpc) is 2.52. The predicted molar refractivity (Wildman–Crippen MR) is 98.1 cm³/mol. The molecule has 0 radical (unpaired) electrons. The minimum Gasteiger partial charge on any atom is -0.480 e. The summed E-state index contributed by atoms with van der Waals surface area (Å²) >= 11 is 0. The molecule has 1 aromatic carbocycles. The van der Waals surface area contributed by atoms with E-state index in [1.54, 1.807) is 12.1 Å². The van der Waals surface area contributed by atoms with Crippen molar-refractivity contribution >= 4 is 17.8 Å². The standard InChI is InChI=1S/C19H27N3O4/c1-4-22(11-18(24)25)16-8-15(9-16)21-17(23)10-20-19(26)14-6-12(2)5-13(3)7-14/h5-7,15-16H,4,8-11H2,1-3H3,(H,20,26)(H,21,23)(H,24,25). The van der Waals surface area contributed by atoms with Crippen LogP contribution in [0.4, 0.5) is 0 Å². The Morgan fingerprint density at radius 1 is 1.15 bits per heavy atom. The van der Waals surface area contributed by atoms with Gasteiger partial charge in [0.15, 0.2) is 0 Å². The van der Waals surface area contributed by atoms with Crippen LogP contribution in [-0.4, -0.2) is 59.5 Å². The molecule has 0 aromatic heterocycles. The molecule has 7 heteroatoms. The number of carboxylic acids is 1. The Kier molecular flexibility index (Phi) is 6.74. The van der Waals surface area contributed by atoms with Gasteiger partial charge in [-0.2, -0.15) is 0 Å². The second kappa shape index (κ2) is 8.80. The van der Waals surface area contributed by atoms with Crippen molar-refractivity contribution in [3.63, 3.8) is 0 Å². The van der Waals surface area contributed by atoms with Crippen molar-refractivity contribution in [1.29, 1.82) is 0 Å². The molecule has 1 aliphatic rings. The number of aliphatic carboxylic acids is 1. The van der Waals surface area contributed by atoms with Gasteiger partial charge in [-0.25, -0.2) is 0 Å². The number of amides is 2. The molecule has 0 aliphatic heterocycles. The highest BCUT2D eigenvalue weighted by molar-refractivity contribution is 5.96. The first-order chi connectivity index (χ1) is 12.3. The highest BCUT2D eigenvalue weighted by Crippen LogP contribution is 2.25. The van der Waals surface area contributed by atoms with Crippen molar-refractivity contribution in [1.82, 2.24) is 15.5 Å². The van der Waals surface area contributed by atoms with Crippen molar-refractivity contribution < 1.29 is 19.5 Å². The molecule has 1 fully saturated rings. The zero-order valence-electron chi connectivity index (χ0n) is 15.5. The summed E-state index contributed by atoms with van der Waals surface area (Å²) in [6.45, 7) is 6.40. The lowest BCUT2D eigenvalue weighted by Gasteiger charge is -2.42. The Morgan fingerprint density at radius 3 is 2.31 bits per heavy atom. The Bertz CT molecular complexity index is 663. The van der Waals surface area contributed by atoms with Crippen LogP contribution >= 0.6 is 0 Å². The molecule has 26 heavy (non-hydrogen) atoms. The van der Waals surface area contributed by atoms with Gasteiger partial charge in [-0.3, -0.25) is 19.3 Å². The van der Waals surface area contributed by atoms with Crippen molar-refractivity contribution in [2.24, 2.45) is 0 Å². The van der Waals surface area contributed by atoms with Crippen LogP contribution < -0.4 is 10.6 Å². The van der Waals surface area contributed by atoms with Crippen molar-refractivity contribution in [2.45, 2.75) is 45.7 Å². The zero-order chi connectivity index (χ0) is 19.3. The molecule has 0 saturated heterocycles. The molecule has 0 unspecified atom stereocenters. The van der Waals surface area contributed by atoms with Crippen molar-refractivity contribution in [3.8, 4) is 0 Å². The lowest BCUT2D eigenvalue weighted by Crippen LogP contribution is -2.55. The molecule has 2 amide bonds. The quantitative estimate of drug-likeness (QED) is 0.644. The van der Waals surface area contributed by atoms with Crippen LogP contribution in [0.1, 0.15) is 41.3 Å². The van der Waals surface area contributed by atoms with Crippen molar-refractivity contribution in [2.75, 3.05) is 19.6 Å². The number of carbonyl (C=O) groups is 3. The third kappa shape index (κ3) is 5.56. The highest BCUT2D eigenvalue weighted by Gasteiger charge is 2.34. The molecule has 0 spiro atoms. The summed E-state index contributed by atoms with van der Waals surface area (Å²) in [7, 11) is 0. The summed E-state index contributed by atoms with van der Waals surface area (Å²) in [5, 5.41) is 14.4. The number of aryl methyl sites for hydroxylation is 2. The van der Waals surface area contributed by atoms with Gasteiger partial charge >= 0.3 is 5.97 Å². The molecule has 3 N–H and O–H groups in total. The fourth-order valence-corrected chi connectivity index (χ4v) is 3.32. The molecule has 7 nitrogen and oxygen atoms in total. The number of nitrogens with zero attached hydrogens (tertiary/aromatic N) is 1. The van der Waals surface area contributed by atoms with E-state index in [1.165, 1.54) is 0 Å². The number of rotatable bonds is 8. The van der Waals surface area contributed by atoms with Crippen molar-refractivity contribution in [3.05, 3.63) is 34.9 Å². The summed E-state index contributed by atoms with van der Waals surface area (Å²) in [4.78, 5) is 36.9. The van der Waals surface area contributed by atoms with E-state index in [1.807, 2.05) is 31.7 Å². The Labute approximate surface area is 153 Å². The summed E-state index contributed by atoms with van der Waals surface area (Å²) in [5.41, 5.74) is 2.55. The van der Waals surface area contributed by atoms with Crippen LogP contribution in [0.15, 0.2) is 18.2 Å². The summed E-state index contributed by atoms with van der Waals surface area (Å²) in [6, 6.07) is 5.79. The lowest BCUT2D eigenvalue weighted by atomic mass is 9.85. The minimum atomic E-state index is -0.839. The topological polar surface area (TPSA) is 98.7 Å². The van der Waals surface area contributed by atoms with Crippen LogP contribution in [0.3, 0.4) is 0 Å². The monoisotopic (exact) mass is 361 g/mol. The normalized spacial score (nSPS) is 18.9. The number of benzene rings is 1. The maximum Gasteiger partial charge on any atom is 0.317 e. The number of likely N-dealkylation sites (N-methyl/N-ethyl adjacent to an activating group) is 1. The van der Waals surface area contributed by atoms with Gasteiger partial charge in [0.1, 0.15) is 0 Å². The van der Waals surface area contributed by atoms with E-state index < -0.39 is 5.97 Å². The highest BCUT2D eigenvalue weighted by atomic mass is 16.4. The molecular formula is C19H27N3O4. The maximum absolute atomic E-state index is 12.2. The SMILES string of the molecule is CCN(CC(=O)O)C1CC(NC(=O)CNC(=O)c2cc(C)cc(C)c2)C1. The van der Waals surface area contributed by atoms with E-state index in [9.17, 15) is 14.4 Å². The van der Waals surface area contributed by atoms with Crippen LogP contribution in [0.25, 0.3) is 0 Å². The van der Waals surface area contributed by atoms with Gasteiger partial charge < -0.3 is 15.7 Å². The molecule has 0 bridgehead atoms. The fourth-order valence-electron chi connectivity index (χ4n) is 3.32. The first-order valence-corrected chi connectivity index (χ1v) is 8.90. The number of carboxylic acid groups (broad SMARTS) is 1. The molecule has 1 saturated carbocycles. The fraction of sp³-hybridized carbons (Fsp3) is 0.526. The molecule has 1 aromatic rings. The zero-order valence-corrected chi connectivity index (χ0v) is 15.5. The van der Waals surface area contributed by atoms with Gasteiger partial charge in [-0.1, -0.05) is 24.1 Å². The first kappa shape index (κ1) is 19.9. The van der Waals surface area contributed by atoms with E-state index in [0.29, 0.717) is 12.1 Å². The van der Waals surface area contributed by atoms with E-state index in [2.05, 4.69) is 10.6 Å². The average molecular weight is 361 g/mol. The summed E-state index contributed by atoms with van der Waals surface area (Å²) in [6.07, 6.45) is 1.47. The molecule has 1 aliphatic carbocycles. The van der Waals surface area contributed by atoms with Gasteiger partial charge in [-0.05, 0) is 45.4 Å². The Balaban J connectivity index is 1.73. The molecule has 2 rings (SSSR count). The summed E-state index contributed by atoms with van der Waals surface area (Å²) in [5.74, 6) is -1.34. The Hall–Kier alpha value is -2.41. The Morgan fingerprint density at radius 2 is 1.77 bits per heavy atom. The van der Waals surface area contributed by atoms with Gasteiger partial charge in [-0.15, -0.1) is 0 Å². The number of hydrogen-bond acceptors (Lipinski definition) is 4. The number of nitrogens with one attached hydrogen (secondary N) is 2. The first-order valence-electron chi connectivity index (χ1n) is 8.90. The number of carbonyl (C=O) groups excluding carboxylic acids is 2. The molecule has 0 atom stereocenters. The van der Waals surface area contributed by atoms with Gasteiger partial charge in [0.25, 0.3) is 5.91 Å². The van der Waals surface area contributed by atoms with E-state index >= 15 is 0 Å². The third-order valence-electron chi connectivity index (χ3n) is 4.63. The molecule has 142 valence electrons. The minimum absolute atomic E-state index is 0.0216. The summed E-state index contributed by atoms with van der Waals surface area (Å²) < 4.78 is 0. The van der Waals surface area contributed by atoms with E-state index in [4.69, 9.17) is 5.11 Å².